The van der Waals surface area contributed by atoms with E-state index in [1.807, 2.05) is 0 Å². The van der Waals surface area contributed by atoms with Crippen LogP contribution in [0, 0.1) is 16.0 Å². The number of Topliss-reactive ketones (excluding diaryl/α,β-unsaturated/α-hetero) is 1. The molecule has 0 bridgehead atoms. The molecule has 1 aliphatic heterocycles. The number of halogens is 3. The van der Waals surface area contributed by atoms with Gasteiger partial charge in [-0.2, -0.15) is 13.2 Å². The van der Waals surface area contributed by atoms with Gasteiger partial charge in [0.25, 0.3) is 5.69 Å². The summed E-state index contributed by atoms with van der Waals surface area (Å²) < 4.78 is 41.9. The van der Waals surface area contributed by atoms with Crippen LogP contribution in [0.2, 0.25) is 0 Å². The van der Waals surface area contributed by atoms with Crippen molar-refractivity contribution in [3.8, 4) is 5.75 Å². The van der Waals surface area contributed by atoms with Crippen molar-refractivity contribution in [2.45, 2.75) is 12.6 Å². The van der Waals surface area contributed by atoms with Gasteiger partial charge < -0.3 is 4.74 Å². The number of nitrogens with zero attached hydrogens (tertiary/aromatic N) is 1. The summed E-state index contributed by atoms with van der Waals surface area (Å²) in [5.74, 6) is -2.05. The van der Waals surface area contributed by atoms with E-state index in [0.29, 0.717) is 0 Å². The van der Waals surface area contributed by atoms with Crippen molar-refractivity contribution in [1.82, 2.24) is 0 Å². The number of ketones is 1. The van der Waals surface area contributed by atoms with Crippen LogP contribution in [0.4, 0.5) is 18.9 Å². The molecule has 1 aromatic carbocycles. The van der Waals surface area contributed by atoms with Gasteiger partial charge in [0.2, 0.25) is 0 Å². The molecule has 2 rings (SSSR count). The summed E-state index contributed by atoms with van der Waals surface area (Å²) >= 11 is 0. The molecule has 0 amide bonds. The standard InChI is InChI=1S/C11H8F3NO4/c12-11(13,14)4-6-5-19-9-2-1-7(15(17)18)3-8(9)10(6)16/h1-3,6H,4-5H2. The maximum atomic E-state index is 12.3. The third-order valence-corrected chi connectivity index (χ3v) is 2.73. The van der Waals surface area contributed by atoms with Gasteiger partial charge in [-0.05, 0) is 6.07 Å². The highest BCUT2D eigenvalue weighted by Crippen LogP contribution is 2.35. The third-order valence-electron chi connectivity index (χ3n) is 2.73. The Labute approximate surface area is 105 Å². The zero-order valence-corrected chi connectivity index (χ0v) is 9.44. The van der Waals surface area contributed by atoms with Crippen LogP contribution >= 0.6 is 0 Å². The number of fused-ring (bicyclic) bond motifs is 1. The van der Waals surface area contributed by atoms with E-state index in [0.717, 1.165) is 12.1 Å². The number of nitro groups is 1. The third kappa shape index (κ3) is 2.83. The molecule has 0 radical (unpaired) electrons. The summed E-state index contributed by atoms with van der Waals surface area (Å²) in [7, 11) is 0. The van der Waals surface area contributed by atoms with E-state index >= 15 is 0 Å². The Morgan fingerprint density at radius 1 is 1.42 bits per heavy atom. The van der Waals surface area contributed by atoms with Crippen LogP contribution in [0.15, 0.2) is 18.2 Å². The smallest absolute Gasteiger partial charge is 0.389 e. The maximum absolute atomic E-state index is 12.3. The highest BCUT2D eigenvalue weighted by atomic mass is 19.4. The number of benzene rings is 1. The Bertz CT molecular complexity index is 541. The van der Waals surface area contributed by atoms with Crippen LogP contribution in [-0.4, -0.2) is 23.5 Å². The molecule has 1 aliphatic rings. The van der Waals surface area contributed by atoms with Gasteiger partial charge in [0.15, 0.2) is 5.78 Å². The molecule has 0 fully saturated rings. The quantitative estimate of drug-likeness (QED) is 0.614. The fraction of sp³-hybridized carbons (Fsp3) is 0.364. The molecule has 0 saturated heterocycles. The second kappa shape index (κ2) is 4.52. The van der Waals surface area contributed by atoms with E-state index in [4.69, 9.17) is 4.74 Å². The number of hydrogen-bond donors (Lipinski definition) is 0. The highest BCUT2D eigenvalue weighted by molar-refractivity contribution is 6.01. The number of non-ortho nitro benzene ring substituents is 1. The minimum absolute atomic E-state index is 0.0778. The van der Waals surface area contributed by atoms with Gasteiger partial charge in [-0.1, -0.05) is 0 Å². The summed E-state index contributed by atoms with van der Waals surface area (Å²) in [5.41, 5.74) is -0.530. The molecule has 0 spiro atoms. The molecule has 1 heterocycles. The van der Waals surface area contributed by atoms with E-state index in [1.54, 1.807) is 0 Å². The van der Waals surface area contributed by atoms with Gasteiger partial charge in [0.05, 0.1) is 29.4 Å². The zero-order chi connectivity index (χ0) is 14.2. The first-order chi connectivity index (χ1) is 8.78. The lowest BCUT2D eigenvalue weighted by Crippen LogP contribution is -2.31. The number of carbonyl (C=O) groups excluding carboxylic acids is 1. The molecule has 5 nitrogen and oxygen atoms in total. The van der Waals surface area contributed by atoms with Gasteiger partial charge >= 0.3 is 6.18 Å². The molecule has 1 unspecified atom stereocenters. The van der Waals surface area contributed by atoms with Crippen LogP contribution in [0.1, 0.15) is 16.8 Å². The lowest BCUT2D eigenvalue weighted by Gasteiger charge is -2.24. The molecule has 0 aromatic heterocycles. The summed E-state index contributed by atoms with van der Waals surface area (Å²) in [6, 6.07) is 3.30. The maximum Gasteiger partial charge on any atom is 0.389 e. The van der Waals surface area contributed by atoms with Crippen LogP contribution in [-0.2, 0) is 0 Å². The first-order valence-electron chi connectivity index (χ1n) is 5.30. The first kappa shape index (κ1) is 13.3. The largest absolute Gasteiger partial charge is 0.492 e. The number of carbonyl (C=O) groups is 1. The molecular formula is C11H8F3NO4. The van der Waals surface area contributed by atoms with Gasteiger partial charge in [-0.25, -0.2) is 0 Å². The van der Waals surface area contributed by atoms with E-state index in [9.17, 15) is 28.1 Å². The van der Waals surface area contributed by atoms with Crippen LogP contribution in [0.25, 0.3) is 0 Å². The summed E-state index contributed by atoms with van der Waals surface area (Å²) in [4.78, 5) is 21.7. The molecule has 0 N–H and O–H groups in total. The monoisotopic (exact) mass is 275 g/mol. The Morgan fingerprint density at radius 2 is 2.11 bits per heavy atom. The predicted molar refractivity (Wildman–Crippen MR) is 57.1 cm³/mol. The molecule has 0 saturated carbocycles. The Morgan fingerprint density at radius 3 is 2.68 bits per heavy atom. The molecule has 8 heteroatoms. The van der Waals surface area contributed by atoms with Crippen molar-refractivity contribution in [2.24, 2.45) is 5.92 Å². The highest BCUT2D eigenvalue weighted by Gasteiger charge is 2.39. The van der Waals surface area contributed by atoms with E-state index in [2.05, 4.69) is 0 Å². The van der Waals surface area contributed by atoms with Crippen LogP contribution < -0.4 is 4.74 Å². The lowest BCUT2D eigenvalue weighted by atomic mass is 9.92. The predicted octanol–water partition coefficient (Wildman–Crippen LogP) is 2.74. The Kier molecular flexibility index (Phi) is 3.17. The average Bonchev–Trinajstić information content (AvgIpc) is 2.31. The SMILES string of the molecule is O=C1c2cc([N+](=O)[O-])ccc2OCC1CC(F)(F)F. The van der Waals surface area contributed by atoms with Crippen molar-refractivity contribution in [1.29, 1.82) is 0 Å². The molecule has 102 valence electrons. The van der Waals surface area contributed by atoms with Gasteiger partial charge in [0.1, 0.15) is 5.75 Å². The average molecular weight is 275 g/mol. The molecular weight excluding hydrogens is 267 g/mol. The number of hydrogen-bond acceptors (Lipinski definition) is 4. The summed E-state index contributed by atoms with van der Waals surface area (Å²) in [5, 5.41) is 10.6. The second-order valence-corrected chi connectivity index (χ2v) is 4.13. The van der Waals surface area contributed by atoms with E-state index < -0.39 is 29.2 Å². The van der Waals surface area contributed by atoms with Gasteiger partial charge in [-0.15, -0.1) is 0 Å². The second-order valence-electron chi connectivity index (χ2n) is 4.13. The number of alkyl halides is 3. The van der Waals surface area contributed by atoms with Gasteiger partial charge in [0, 0.05) is 12.1 Å². The molecule has 0 aliphatic carbocycles. The van der Waals surface area contributed by atoms with Crippen molar-refractivity contribution in [3.05, 3.63) is 33.9 Å². The normalized spacial score (nSPS) is 18.7. The molecule has 19 heavy (non-hydrogen) atoms. The number of ether oxygens (including phenoxy) is 1. The minimum Gasteiger partial charge on any atom is -0.492 e. The van der Waals surface area contributed by atoms with Crippen molar-refractivity contribution < 1.29 is 27.6 Å². The fourth-order valence-corrected chi connectivity index (χ4v) is 1.87. The lowest BCUT2D eigenvalue weighted by molar-refractivity contribution is -0.384. The zero-order valence-electron chi connectivity index (χ0n) is 9.44. The minimum atomic E-state index is -4.48. The number of nitro benzene ring substituents is 1. The van der Waals surface area contributed by atoms with E-state index in [-0.39, 0.29) is 23.6 Å². The van der Waals surface area contributed by atoms with Crippen molar-refractivity contribution >= 4 is 11.5 Å². The van der Waals surface area contributed by atoms with Crippen molar-refractivity contribution in [3.63, 3.8) is 0 Å². The van der Waals surface area contributed by atoms with E-state index in [1.165, 1.54) is 6.07 Å². The van der Waals surface area contributed by atoms with Crippen LogP contribution in [0.3, 0.4) is 0 Å². The van der Waals surface area contributed by atoms with Crippen LogP contribution in [0.5, 0.6) is 5.75 Å². The molecule has 1 aromatic rings. The first-order valence-corrected chi connectivity index (χ1v) is 5.30. The van der Waals surface area contributed by atoms with Gasteiger partial charge in [-0.3, -0.25) is 14.9 Å². The fourth-order valence-electron chi connectivity index (χ4n) is 1.87. The Hall–Kier alpha value is -2.12. The topological polar surface area (TPSA) is 69.4 Å². The number of rotatable bonds is 2. The summed E-state index contributed by atoms with van der Waals surface area (Å²) in [6.45, 7) is -0.372. The molecule has 1 atom stereocenters. The summed E-state index contributed by atoms with van der Waals surface area (Å²) in [6.07, 6.45) is -5.78. The van der Waals surface area contributed by atoms with Crippen molar-refractivity contribution in [2.75, 3.05) is 6.61 Å². The Balaban J connectivity index is 2.31.